The van der Waals surface area contributed by atoms with Crippen molar-refractivity contribution in [3.05, 3.63) is 35.4 Å². The van der Waals surface area contributed by atoms with Crippen LogP contribution in [-0.4, -0.2) is 29.6 Å². The Morgan fingerprint density at radius 2 is 1.71 bits per heavy atom. The van der Waals surface area contributed by atoms with Crippen LogP contribution in [-0.2, 0) is 0 Å². The molecule has 0 bridgehead atoms. The third-order valence-corrected chi connectivity index (χ3v) is 3.06. The van der Waals surface area contributed by atoms with Gasteiger partial charge in [0.2, 0.25) is 0 Å². The minimum absolute atomic E-state index is 0.366. The highest BCUT2D eigenvalue weighted by molar-refractivity contribution is 5.27. The SMILES string of the molecule is CCCN(CCC)CC(O)c1ccccc1C. The van der Waals surface area contributed by atoms with Gasteiger partial charge in [-0.25, -0.2) is 0 Å². The van der Waals surface area contributed by atoms with Gasteiger partial charge in [0.25, 0.3) is 0 Å². The summed E-state index contributed by atoms with van der Waals surface area (Å²) in [5.74, 6) is 0. The quantitative estimate of drug-likeness (QED) is 0.785. The fraction of sp³-hybridized carbons (Fsp3) is 0.600. The lowest BCUT2D eigenvalue weighted by atomic mass is 10.0. The maximum absolute atomic E-state index is 10.3. The van der Waals surface area contributed by atoms with Crippen molar-refractivity contribution in [2.24, 2.45) is 0 Å². The third kappa shape index (κ3) is 4.49. The van der Waals surface area contributed by atoms with Crippen molar-refractivity contribution in [1.82, 2.24) is 4.90 Å². The van der Waals surface area contributed by atoms with E-state index >= 15 is 0 Å². The van der Waals surface area contributed by atoms with Crippen molar-refractivity contribution < 1.29 is 5.11 Å². The first-order valence-electron chi connectivity index (χ1n) is 6.65. The Morgan fingerprint density at radius 3 is 2.24 bits per heavy atom. The van der Waals surface area contributed by atoms with Gasteiger partial charge in [-0.3, -0.25) is 0 Å². The van der Waals surface area contributed by atoms with E-state index in [1.165, 1.54) is 5.56 Å². The minimum atomic E-state index is -0.366. The Labute approximate surface area is 105 Å². The molecule has 96 valence electrons. The van der Waals surface area contributed by atoms with Gasteiger partial charge in [0.15, 0.2) is 0 Å². The van der Waals surface area contributed by atoms with Gasteiger partial charge >= 0.3 is 0 Å². The second-order valence-corrected chi connectivity index (χ2v) is 4.67. The summed E-state index contributed by atoms with van der Waals surface area (Å²) in [4.78, 5) is 2.34. The zero-order chi connectivity index (χ0) is 12.7. The molecule has 0 heterocycles. The first kappa shape index (κ1) is 14.2. The van der Waals surface area contributed by atoms with Gasteiger partial charge in [-0.1, -0.05) is 38.1 Å². The normalized spacial score (nSPS) is 13.0. The van der Waals surface area contributed by atoms with E-state index in [0.717, 1.165) is 38.0 Å². The molecule has 1 aromatic rings. The number of aryl methyl sites for hydroxylation is 1. The Kier molecular flexibility index (Phi) is 6.23. The molecule has 17 heavy (non-hydrogen) atoms. The maximum Gasteiger partial charge on any atom is 0.0919 e. The fourth-order valence-electron chi connectivity index (χ4n) is 2.23. The second-order valence-electron chi connectivity index (χ2n) is 4.67. The Morgan fingerprint density at radius 1 is 1.12 bits per heavy atom. The number of rotatable bonds is 7. The van der Waals surface area contributed by atoms with Crippen molar-refractivity contribution in [1.29, 1.82) is 0 Å². The van der Waals surface area contributed by atoms with Gasteiger partial charge in [-0.05, 0) is 44.0 Å². The van der Waals surface area contributed by atoms with Gasteiger partial charge in [0.05, 0.1) is 6.10 Å². The highest BCUT2D eigenvalue weighted by Gasteiger charge is 2.13. The zero-order valence-electron chi connectivity index (χ0n) is 11.3. The van der Waals surface area contributed by atoms with Crippen LogP contribution in [0.2, 0.25) is 0 Å². The molecule has 1 unspecified atom stereocenters. The van der Waals surface area contributed by atoms with Crippen molar-refractivity contribution in [2.75, 3.05) is 19.6 Å². The molecule has 2 nitrogen and oxygen atoms in total. The summed E-state index contributed by atoms with van der Waals surface area (Å²) >= 11 is 0. The van der Waals surface area contributed by atoms with Crippen LogP contribution < -0.4 is 0 Å². The van der Waals surface area contributed by atoms with E-state index in [1.807, 2.05) is 18.2 Å². The van der Waals surface area contributed by atoms with Crippen molar-refractivity contribution in [3.63, 3.8) is 0 Å². The van der Waals surface area contributed by atoms with E-state index in [0.29, 0.717) is 0 Å². The number of aliphatic hydroxyl groups excluding tert-OH is 1. The predicted molar refractivity (Wildman–Crippen MR) is 73.2 cm³/mol. The average molecular weight is 235 g/mol. The average Bonchev–Trinajstić information content (AvgIpc) is 2.30. The fourth-order valence-corrected chi connectivity index (χ4v) is 2.23. The Bertz CT molecular complexity index is 318. The van der Waals surface area contributed by atoms with E-state index in [9.17, 15) is 5.11 Å². The monoisotopic (exact) mass is 235 g/mol. The molecule has 0 radical (unpaired) electrons. The Hall–Kier alpha value is -0.860. The summed E-state index contributed by atoms with van der Waals surface area (Å²) in [5.41, 5.74) is 2.23. The van der Waals surface area contributed by atoms with Gasteiger partial charge in [0, 0.05) is 6.54 Å². The topological polar surface area (TPSA) is 23.5 Å². The summed E-state index contributed by atoms with van der Waals surface area (Å²) < 4.78 is 0. The number of nitrogens with zero attached hydrogens (tertiary/aromatic N) is 1. The van der Waals surface area contributed by atoms with Gasteiger partial charge in [-0.15, -0.1) is 0 Å². The molecule has 0 aromatic heterocycles. The number of hydrogen-bond donors (Lipinski definition) is 1. The molecule has 1 rings (SSSR count). The summed E-state index contributed by atoms with van der Waals surface area (Å²) in [6.45, 7) is 9.30. The van der Waals surface area contributed by atoms with E-state index in [4.69, 9.17) is 0 Å². The van der Waals surface area contributed by atoms with E-state index in [1.54, 1.807) is 0 Å². The van der Waals surface area contributed by atoms with Crippen LogP contribution in [0.5, 0.6) is 0 Å². The lowest BCUT2D eigenvalue weighted by Gasteiger charge is -2.25. The van der Waals surface area contributed by atoms with Crippen LogP contribution >= 0.6 is 0 Å². The van der Waals surface area contributed by atoms with Crippen molar-refractivity contribution >= 4 is 0 Å². The third-order valence-electron chi connectivity index (χ3n) is 3.06. The molecule has 0 aliphatic heterocycles. The summed E-state index contributed by atoms with van der Waals surface area (Å²) in [7, 11) is 0. The highest BCUT2D eigenvalue weighted by Crippen LogP contribution is 2.18. The smallest absolute Gasteiger partial charge is 0.0919 e. The maximum atomic E-state index is 10.3. The predicted octanol–water partition coefficient (Wildman–Crippen LogP) is 3.15. The van der Waals surface area contributed by atoms with Crippen LogP contribution in [0.25, 0.3) is 0 Å². The molecule has 2 heteroatoms. The van der Waals surface area contributed by atoms with E-state index in [-0.39, 0.29) is 6.10 Å². The molecule has 1 atom stereocenters. The second kappa shape index (κ2) is 7.46. The zero-order valence-corrected chi connectivity index (χ0v) is 11.3. The van der Waals surface area contributed by atoms with Crippen molar-refractivity contribution in [2.45, 2.75) is 39.7 Å². The first-order valence-corrected chi connectivity index (χ1v) is 6.65. The van der Waals surface area contributed by atoms with Gasteiger partial charge in [-0.2, -0.15) is 0 Å². The molecular formula is C15H25NO. The lowest BCUT2D eigenvalue weighted by molar-refractivity contribution is 0.112. The first-order chi connectivity index (χ1) is 8.19. The summed E-state index contributed by atoms with van der Waals surface area (Å²) in [5, 5.41) is 10.3. The molecule has 0 saturated carbocycles. The standard InChI is InChI=1S/C15H25NO/c1-4-10-16(11-5-2)12-15(17)14-9-7-6-8-13(14)3/h6-9,15,17H,4-5,10-12H2,1-3H3. The largest absolute Gasteiger partial charge is 0.387 e. The lowest BCUT2D eigenvalue weighted by Crippen LogP contribution is -2.30. The molecule has 0 fully saturated rings. The summed E-state index contributed by atoms with van der Waals surface area (Å²) in [6.07, 6.45) is 1.91. The van der Waals surface area contributed by atoms with Crippen LogP contribution in [0.3, 0.4) is 0 Å². The molecule has 0 spiro atoms. The molecular weight excluding hydrogens is 210 g/mol. The molecule has 0 aliphatic carbocycles. The highest BCUT2D eigenvalue weighted by atomic mass is 16.3. The molecule has 0 saturated heterocycles. The van der Waals surface area contributed by atoms with Crippen LogP contribution in [0.15, 0.2) is 24.3 Å². The van der Waals surface area contributed by atoms with Crippen LogP contribution in [0, 0.1) is 6.92 Å². The van der Waals surface area contributed by atoms with Gasteiger partial charge < -0.3 is 10.0 Å². The number of benzene rings is 1. The summed E-state index contributed by atoms with van der Waals surface area (Å²) in [6, 6.07) is 8.09. The number of hydrogen-bond acceptors (Lipinski definition) is 2. The van der Waals surface area contributed by atoms with Crippen LogP contribution in [0.4, 0.5) is 0 Å². The molecule has 1 aromatic carbocycles. The van der Waals surface area contributed by atoms with Crippen LogP contribution in [0.1, 0.15) is 43.9 Å². The van der Waals surface area contributed by atoms with E-state index in [2.05, 4.69) is 31.7 Å². The Balaban J connectivity index is 2.63. The molecule has 1 N–H and O–H groups in total. The van der Waals surface area contributed by atoms with E-state index < -0.39 is 0 Å². The van der Waals surface area contributed by atoms with Crippen molar-refractivity contribution in [3.8, 4) is 0 Å². The van der Waals surface area contributed by atoms with Gasteiger partial charge in [0.1, 0.15) is 0 Å². The number of aliphatic hydroxyl groups is 1. The molecule has 0 amide bonds. The molecule has 0 aliphatic rings. The minimum Gasteiger partial charge on any atom is -0.387 e.